The van der Waals surface area contributed by atoms with Crippen LogP contribution in [0.3, 0.4) is 0 Å². The van der Waals surface area contributed by atoms with Crippen LogP contribution in [0, 0.1) is 45.3 Å². The molecule has 4 aliphatic carbocycles. The van der Waals surface area contributed by atoms with E-state index in [4.69, 9.17) is 23.7 Å². The van der Waals surface area contributed by atoms with Crippen LogP contribution in [-0.4, -0.2) is 150 Å². The Balaban J connectivity index is 1.26. The summed E-state index contributed by atoms with van der Waals surface area (Å²) in [6.45, 7) is 17.6. The van der Waals surface area contributed by atoms with Crippen LogP contribution >= 0.6 is 0 Å². The number of ether oxygens (including phenoxy) is 5. The summed E-state index contributed by atoms with van der Waals surface area (Å²) in [4.78, 5) is 0. The average molecular weight is 801 g/mol. The summed E-state index contributed by atoms with van der Waals surface area (Å²) >= 11 is 0. The SMILES string of the molecule is C[C@@H]1O[C@@H](O[C@H]2[C@H](O[C@H]3C[C@]4(C)[C@H](C[C@@H](O)[C@@H]5[C@@H]([C@]6(C)CC[C@H](C(C)(C)O)O6)CC[C@]54C)[C@@]4(C)CC[C@H](O)C(C)(C)[C@H]34)O[C@H](CO)[C@@H](O)[C@@H]2O)[C@@H](O)[C@@H](O)[C@@H]1O. The first kappa shape index (κ1) is 43.5. The van der Waals surface area contributed by atoms with Crippen molar-refractivity contribution >= 4 is 0 Å². The van der Waals surface area contributed by atoms with E-state index in [1.807, 2.05) is 0 Å². The lowest BCUT2D eigenvalue weighted by molar-refractivity contribution is -0.382. The second-order valence-corrected chi connectivity index (χ2v) is 21.2. The summed E-state index contributed by atoms with van der Waals surface area (Å²) in [5.74, 6) is -0.246. The van der Waals surface area contributed by atoms with E-state index in [0.29, 0.717) is 25.7 Å². The molecule has 9 N–H and O–H groups in total. The monoisotopic (exact) mass is 800 g/mol. The molecule has 0 amide bonds. The lowest BCUT2D eigenvalue weighted by atomic mass is 9.34. The number of hydrogen-bond acceptors (Lipinski definition) is 14. The molecular weight excluding hydrogens is 728 g/mol. The molecule has 7 rings (SSSR count). The van der Waals surface area contributed by atoms with Crippen molar-refractivity contribution in [2.45, 2.75) is 211 Å². The highest BCUT2D eigenvalue weighted by Crippen LogP contribution is 2.76. The van der Waals surface area contributed by atoms with Gasteiger partial charge in [-0.3, -0.25) is 0 Å². The van der Waals surface area contributed by atoms with Gasteiger partial charge in [-0.25, -0.2) is 0 Å². The second kappa shape index (κ2) is 14.5. The number of aliphatic hydroxyl groups is 9. The maximum atomic E-state index is 12.4. The second-order valence-electron chi connectivity index (χ2n) is 21.2. The van der Waals surface area contributed by atoms with Gasteiger partial charge in [0, 0.05) is 0 Å². The zero-order chi connectivity index (χ0) is 41.3. The first-order valence-electron chi connectivity index (χ1n) is 21.2. The molecule has 0 aromatic heterocycles. The van der Waals surface area contributed by atoms with Gasteiger partial charge in [-0.15, -0.1) is 0 Å². The molecule has 7 fully saturated rings. The van der Waals surface area contributed by atoms with Crippen molar-refractivity contribution in [1.82, 2.24) is 0 Å². The Kier molecular flexibility index (Phi) is 11.3. The van der Waals surface area contributed by atoms with Gasteiger partial charge in [-0.1, -0.05) is 34.6 Å². The fourth-order valence-electron chi connectivity index (χ4n) is 14.1. The average Bonchev–Trinajstić information content (AvgIpc) is 3.71. The molecule has 56 heavy (non-hydrogen) atoms. The molecule has 0 unspecified atom stereocenters. The topological polar surface area (TPSA) is 228 Å². The van der Waals surface area contributed by atoms with Gasteiger partial charge in [0.25, 0.3) is 0 Å². The van der Waals surface area contributed by atoms with Crippen molar-refractivity contribution in [2.75, 3.05) is 6.61 Å². The number of rotatable bonds is 7. The van der Waals surface area contributed by atoms with Crippen LogP contribution in [0.15, 0.2) is 0 Å². The van der Waals surface area contributed by atoms with Gasteiger partial charge >= 0.3 is 0 Å². The largest absolute Gasteiger partial charge is 0.394 e. The van der Waals surface area contributed by atoms with Gasteiger partial charge in [0.05, 0.1) is 48.3 Å². The molecule has 3 aliphatic heterocycles. The van der Waals surface area contributed by atoms with Crippen molar-refractivity contribution < 1.29 is 69.6 Å². The summed E-state index contributed by atoms with van der Waals surface area (Å²) in [6, 6.07) is 0. The van der Waals surface area contributed by atoms with Crippen molar-refractivity contribution in [3.63, 3.8) is 0 Å². The molecule has 14 heteroatoms. The maximum absolute atomic E-state index is 12.4. The van der Waals surface area contributed by atoms with Gasteiger partial charge in [0.15, 0.2) is 12.6 Å². The molecule has 0 aromatic carbocycles. The number of fused-ring (bicyclic) bond motifs is 5. The minimum Gasteiger partial charge on any atom is -0.394 e. The standard InChI is InChI=1S/C42H72O14/c1-19-28(46)30(48)32(50)35(52-19)55-33-31(49)29(47)23(18-43)54-36(33)53-22-17-41(8)24(39(6)13-11-25(45)37(2,3)34(22)39)16-21(44)27-20(10-14-40(27,41)7)42(9)15-12-26(56-42)38(4,5)51/h19-36,43-51H,10-18H2,1-9H3/t19-,20-,21+,22-,23+,24+,25-,26+,27-,28+,29+,30-,31-,32-,33+,34-,35-,36+,39+,40+,41+,42-/m0/s1. The van der Waals surface area contributed by atoms with Crippen molar-refractivity contribution in [1.29, 1.82) is 0 Å². The molecule has 3 saturated heterocycles. The van der Waals surface area contributed by atoms with E-state index in [2.05, 4.69) is 41.5 Å². The first-order valence-corrected chi connectivity index (χ1v) is 21.2. The molecule has 14 nitrogen and oxygen atoms in total. The highest BCUT2D eigenvalue weighted by atomic mass is 16.8. The highest BCUT2D eigenvalue weighted by Gasteiger charge is 2.74. The van der Waals surface area contributed by atoms with E-state index in [1.165, 1.54) is 6.92 Å². The molecule has 4 saturated carbocycles. The third-order valence-corrected chi connectivity index (χ3v) is 17.3. The van der Waals surface area contributed by atoms with Crippen molar-refractivity contribution in [2.24, 2.45) is 45.3 Å². The quantitative estimate of drug-likeness (QED) is 0.166. The molecular formula is C42H72O14. The molecule has 324 valence electrons. The minimum absolute atomic E-state index is 0.0557. The predicted molar refractivity (Wildman–Crippen MR) is 200 cm³/mol. The summed E-state index contributed by atoms with van der Waals surface area (Å²) in [7, 11) is 0. The van der Waals surface area contributed by atoms with E-state index in [-0.39, 0.29) is 35.2 Å². The van der Waals surface area contributed by atoms with Crippen LogP contribution in [0.1, 0.15) is 114 Å². The van der Waals surface area contributed by atoms with E-state index >= 15 is 0 Å². The van der Waals surface area contributed by atoms with Crippen LogP contribution in [0.2, 0.25) is 0 Å². The van der Waals surface area contributed by atoms with Crippen LogP contribution in [-0.2, 0) is 23.7 Å². The summed E-state index contributed by atoms with van der Waals surface area (Å²) < 4.78 is 32.0. The Morgan fingerprint density at radius 1 is 0.732 bits per heavy atom. The van der Waals surface area contributed by atoms with Crippen LogP contribution in [0.4, 0.5) is 0 Å². The van der Waals surface area contributed by atoms with Gasteiger partial charge in [-0.2, -0.15) is 0 Å². The zero-order valence-electron chi connectivity index (χ0n) is 34.8. The minimum atomic E-state index is -1.70. The fourth-order valence-corrected chi connectivity index (χ4v) is 14.1. The lowest BCUT2D eigenvalue weighted by Crippen LogP contribution is -2.71. The summed E-state index contributed by atoms with van der Waals surface area (Å²) in [5, 5.41) is 99.5. The lowest BCUT2D eigenvalue weighted by Gasteiger charge is -2.72. The number of hydrogen-bond donors (Lipinski definition) is 9. The molecule has 0 bridgehead atoms. The highest BCUT2D eigenvalue weighted by molar-refractivity contribution is 5.22. The van der Waals surface area contributed by atoms with Crippen molar-refractivity contribution in [3.8, 4) is 0 Å². The predicted octanol–water partition coefficient (Wildman–Crippen LogP) is 1.36. The van der Waals surface area contributed by atoms with E-state index < -0.39 is 114 Å². The van der Waals surface area contributed by atoms with Gasteiger partial charge in [0.1, 0.15) is 42.7 Å². The van der Waals surface area contributed by atoms with Gasteiger partial charge in [-0.05, 0) is 124 Å². The molecule has 7 aliphatic rings. The Morgan fingerprint density at radius 2 is 1.41 bits per heavy atom. The van der Waals surface area contributed by atoms with Crippen LogP contribution < -0.4 is 0 Å². The molecule has 3 heterocycles. The van der Waals surface area contributed by atoms with Gasteiger partial charge < -0.3 is 69.6 Å². The summed E-state index contributed by atoms with van der Waals surface area (Å²) in [5.41, 5.74) is -3.36. The maximum Gasteiger partial charge on any atom is 0.187 e. The zero-order valence-corrected chi connectivity index (χ0v) is 34.8. The third-order valence-electron chi connectivity index (χ3n) is 17.3. The molecule has 0 aromatic rings. The Morgan fingerprint density at radius 3 is 2.04 bits per heavy atom. The Bertz CT molecular complexity index is 1430. The Labute approximate surface area is 331 Å². The van der Waals surface area contributed by atoms with E-state index in [9.17, 15) is 46.0 Å². The van der Waals surface area contributed by atoms with Crippen molar-refractivity contribution in [3.05, 3.63) is 0 Å². The first-order chi connectivity index (χ1) is 25.9. The number of aliphatic hydroxyl groups excluding tert-OH is 8. The third kappa shape index (κ3) is 6.49. The molecule has 0 spiro atoms. The summed E-state index contributed by atoms with van der Waals surface area (Å²) in [6.07, 6.45) is -11.0. The van der Waals surface area contributed by atoms with Crippen LogP contribution in [0.5, 0.6) is 0 Å². The smallest absolute Gasteiger partial charge is 0.187 e. The Hall–Kier alpha value is -0.560. The fraction of sp³-hybridized carbons (Fsp3) is 1.00. The van der Waals surface area contributed by atoms with Crippen LogP contribution in [0.25, 0.3) is 0 Å². The van der Waals surface area contributed by atoms with E-state index in [1.54, 1.807) is 13.8 Å². The molecule has 22 atom stereocenters. The van der Waals surface area contributed by atoms with Gasteiger partial charge in [0.2, 0.25) is 0 Å². The normalized spacial score (nSPS) is 57.3. The van der Waals surface area contributed by atoms with E-state index in [0.717, 1.165) is 25.7 Å². The molecule has 0 radical (unpaired) electrons.